The molecule has 0 radical (unpaired) electrons. The monoisotopic (exact) mass is 431 g/mol. The zero-order valence-corrected chi connectivity index (χ0v) is 17.4. The Morgan fingerprint density at radius 3 is 2.55 bits per heavy atom. The molecule has 1 fully saturated rings. The fourth-order valence-corrected chi connectivity index (χ4v) is 4.07. The highest BCUT2D eigenvalue weighted by Crippen LogP contribution is 2.30. The van der Waals surface area contributed by atoms with E-state index >= 15 is 0 Å². The van der Waals surface area contributed by atoms with E-state index in [2.05, 4.69) is 21.0 Å². The van der Waals surface area contributed by atoms with Crippen LogP contribution in [0.1, 0.15) is 21.2 Å². The maximum absolute atomic E-state index is 13.0. The number of anilines is 2. The van der Waals surface area contributed by atoms with Gasteiger partial charge in [-0.15, -0.1) is 23.7 Å². The molecular formula is C20H22ClN5O2S. The lowest BCUT2D eigenvalue weighted by molar-refractivity contribution is -0.119. The molecule has 1 aliphatic rings. The van der Waals surface area contributed by atoms with Crippen LogP contribution >= 0.6 is 23.7 Å². The SMILES string of the molecule is Cl.Cn1cc([C@H]2CNC[C@@H]2C(=O)Nc2ccccc2NC(=O)c2cccs2)cn1. The van der Waals surface area contributed by atoms with Crippen LogP contribution in [0.3, 0.4) is 0 Å². The third-order valence-electron chi connectivity index (χ3n) is 4.88. The number of para-hydroxylation sites is 2. The molecule has 2 atom stereocenters. The first-order valence-corrected chi connectivity index (χ1v) is 9.94. The van der Waals surface area contributed by atoms with Crippen LogP contribution in [-0.2, 0) is 11.8 Å². The molecule has 2 aromatic heterocycles. The minimum absolute atomic E-state index is 0. The summed E-state index contributed by atoms with van der Waals surface area (Å²) in [6.07, 6.45) is 3.76. The number of hydrogen-bond donors (Lipinski definition) is 3. The molecule has 1 saturated heterocycles. The Balaban J connectivity index is 0.00000240. The number of halogens is 1. The highest BCUT2D eigenvalue weighted by molar-refractivity contribution is 7.12. The Morgan fingerprint density at radius 1 is 1.14 bits per heavy atom. The number of aryl methyl sites for hydroxylation is 1. The molecule has 1 aliphatic heterocycles. The summed E-state index contributed by atoms with van der Waals surface area (Å²) in [5, 5.41) is 15.2. The van der Waals surface area contributed by atoms with Crippen molar-refractivity contribution in [3.63, 3.8) is 0 Å². The Hall–Kier alpha value is -2.68. The second kappa shape index (κ2) is 9.21. The van der Waals surface area contributed by atoms with Gasteiger partial charge in [-0.2, -0.15) is 5.10 Å². The number of amides is 2. The summed E-state index contributed by atoms with van der Waals surface area (Å²) in [6, 6.07) is 10.8. The maximum atomic E-state index is 13.0. The number of thiophene rings is 1. The molecule has 3 N–H and O–H groups in total. The predicted octanol–water partition coefficient (Wildman–Crippen LogP) is 3.10. The summed E-state index contributed by atoms with van der Waals surface area (Å²) in [4.78, 5) is 26.0. The Morgan fingerprint density at radius 2 is 1.90 bits per heavy atom. The van der Waals surface area contributed by atoms with E-state index in [9.17, 15) is 9.59 Å². The van der Waals surface area contributed by atoms with Crippen LogP contribution < -0.4 is 16.0 Å². The molecule has 7 nitrogen and oxygen atoms in total. The molecule has 0 bridgehead atoms. The van der Waals surface area contributed by atoms with E-state index in [1.165, 1.54) is 11.3 Å². The van der Waals surface area contributed by atoms with Gasteiger partial charge in [0.25, 0.3) is 5.91 Å². The van der Waals surface area contributed by atoms with Crippen LogP contribution in [0.15, 0.2) is 54.2 Å². The molecule has 0 spiro atoms. The van der Waals surface area contributed by atoms with E-state index < -0.39 is 0 Å². The van der Waals surface area contributed by atoms with Crippen LogP contribution in [0.4, 0.5) is 11.4 Å². The molecule has 4 rings (SSSR count). The summed E-state index contributed by atoms with van der Waals surface area (Å²) >= 11 is 1.37. The minimum Gasteiger partial charge on any atom is -0.324 e. The molecule has 29 heavy (non-hydrogen) atoms. The molecule has 2 amide bonds. The van der Waals surface area contributed by atoms with E-state index in [0.29, 0.717) is 22.8 Å². The molecule has 9 heteroatoms. The number of carbonyl (C=O) groups excluding carboxylic acids is 2. The molecule has 0 aliphatic carbocycles. The van der Waals surface area contributed by atoms with Gasteiger partial charge >= 0.3 is 0 Å². The van der Waals surface area contributed by atoms with Gasteiger partial charge in [0.15, 0.2) is 0 Å². The Labute approximate surface area is 178 Å². The first-order valence-electron chi connectivity index (χ1n) is 9.06. The Kier molecular flexibility index (Phi) is 6.68. The first-order chi connectivity index (χ1) is 13.6. The minimum atomic E-state index is -0.203. The van der Waals surface area contributed by atoms with Gasteiger partial charge in [-0.05, 0) is 29.1 Å². The van der Waals surface area contributed by atoms with E-state index in [1.54, 1.807) is 22.9 Å². The number of nitrogens with one attached hydrogen (secondary N) is 3. The number of nitrogens with zero attached hydrogens (tertiary/aromatic N) is 2. The topological polar surface area (TPSA) is 88.0 Å². The number of rotatable bonds is 5. The molecule has 0 unspecified atom stereocenters. The smallest absolute Gasteiger partial charge is 0.265 e. The largest absolute Gasteiger partial charge is 0.324 e. The Bertz CT molecular complexity index is 988. The van der Waals surface area contributed by atoms with Gasteiger partial charge in [0.2, 0.25) is 5.91 Å². The lowest BCUT2D eigenvalue weighted by atomic mass is 9.90. The molecule has 152 valence electrons. The highest BCUT2D eigenvalue weighted by Gasteiger charge is 2.35. The molecule has 0 saturated carbocycles. The van der Waals surface area contributed by atoms with Gasteiger partial charge in [-0.3, -0.25) is 14.3 Å². The summed E-state index contributed by atoms with van der Waals surface area (Å²) in [7, 11) is 1.87. The van der Waals surface area contributed by atoms with E-state index in [4.69, 9.17) is 0 Å². The normalized spacial score (nSPS) is 18.1. The van der Waals surface area contributed by atoms with Crippen molar-refractivity contribution < 1.29 is 9.59 Å². The summed E-state index contributed by atoms with van der Waals surface area (Å²) in [5.41, 5.74) is 2.22. The molecule has 3 heterocycles. The fraction of sp³-hybridized carbons (Fsp3) is 0.250. The second-order valence-electron chi connectivity index (χ2n) is 6.78. The first kappa shape index (κ1) is 21.0. The van der Waals surface area contributed by atoms with Gasteiger partial charge in [0.05, 0.1) is 28.4 Å². The average molecular weight is 432 g/mol. The van der Waals surface area contributed by atoms with Crippen LogP contribution in [0.2, 0.25) is 0 Å². The van der Waals surface area contributed by atoms with Crippen molar-refractivity contribution in [3.05, 3.63) is 64.6 Å². The van der Waals surface area contributed by atoms with Crippen LogP contribution in [0.5, 0.6) is 0 Å². The summed E-state index contributed by atoms with van der Waals surface area (Å²) < 4.78 is 1.75. The van der Waals surface area contributed by atoms with Gasteiger partial charge in [0, 0.05) is 32.3 Å². The second-order valence-corrected chi connectivity index (χ2v) is 7.73. The van der Waals surface area contributed by atoms with Crippen LogP contribution in [0.25, 0.3) is 0 Å². The average Bonchev–Trinajstić information content (AvgIpc) is 3.44. The zero-order valence-electron chi connectivity index (χ0n) is 15.8. The van der Waals surface area contributed by atoms with Crippen LogP contribution in [-0.4, -0.2) is 34.7 Å². The fourth-order valence-electron chi connectivity index (χ4n) is 3.45. The zero-order chi connectivity index (χ0) is 19.5. The number of aromatic nitrogens is 2. The van der Waals surface area contributed by atoms with Gasteiger partial charge < -0.3 is 16.0 Å². The van der Waals surface area contributed by atoms with Crippen molar-refractivity contribution in [1.82, 2.24) is 15.1 Å². The van der Waals surface area contributed by atoms with Crippen molar-refractivity contribution in [2.75, 3.05) is 23.7 Å². The maximum Gasteiger partial charge on any atom is 0.265 e. The van der Waals surface area contributed by atoms with E-state index in [1.807, 2.05) is 43.0 Å². The lowest BCUT2D eigenvalue weighted by Gasteiger charge is -2.18. The quantitative estimate of drug-likeness (QED) is 0.579. The summed E-state index contributed by atoms with van der Waals surface area (Å²) in [5.74, 6) is -0.393. The predicted molar refractivity (Wildman–Crippen MR) is 117 cm³/mol. The molecule has 3 aromatic rings. The third kappa shape index (κ3) is 4.67. The van der Waals surface area contributed by atoms with Crippen molar-refractivity contribution in [3.8, 4) is 0 Å². The molecular weight excluding hydrogens is 410 g/mol. The summed E-state index contributed by atoms with van der Waals surface area (Å²) in [6.45, 7) is 1.34. The van der Waals surface area contributed by atoms with E-state index in [-0.39, 0.29) is 36.1 Å². The van der Waals surface area contributed by atoms with Crippen molar-refractivity contribution in [2.24, 2.45) is 13.0 Å². The molecule has 1 aromatic carbocycles. The van der Waals surface area contributed by atoms with Gasteiger partial charge in [-0.25, -0.2) is 0 Å². The lowest BCUT2D eigenvalue weighted by Crippen LogP contribution is -2.28. The van der Waals surface area contributed by atoms with Crippen molar-refractivity contribution in [2.45, 2.75) is 5.92 Å². The van der Waals surface area contributed by atoms with Gasteiger partial charge in [0.1, 0.15) is 0 Å². The number of benzene rings is 1. The van der Waals surface area contributed by atoms with Crippen LogP contribution in [0, 0.1) is 5.92 Å². The van der Waals surface area contributed by atoms with Crippen molar-refractivity contribution in [1.29, 1.82) is 0 Å². The highest BCUT2D eigenvalue weighted by atomic mass is 35.5. The van der Waals surface area contributed by atoms with Crippen molar-refractivity contribution >= 4 is 46.9 Å². The van der Waals surface area contributed by atoms with Gasteiger partial charge in [-0.1, -0.05) is 18.2 Å². The number of carbonyl (C=O) groups is 2. The third-order valence-corrected chi connectivity index (χ3v) is 5.75. The number of hydrogen-bond acceptors (Lipinski definition) is 5. The standard InChI is InChI=1S/C20H21N5O2S.ClH/c1-25-12-13(9-22-25)14-10-21-11-15(14)19(26)23-16-5-2-3-6-17(16)24-20(27)18-7-4-8-28-18;/h2-9,12,14-15,21H,10-11H2,1H3,(H,23,26)(H,24,27);1H/t14-,15+;/m1./s1. The van der Waals surface area contributed by atoms with E-state index in [0.717, 1.165) is 12.1 Å².